The third-order valence-corrected chi connectivity index (χ3v) is 3.58. The smallest absolute Gasteiger partial charge is 0.339 e. The number of nitrogens with zero attached hydrogens (tertiary/aromatic N) is 2. The van der Waals surface area contributed by atoms with Gasteiger partial charge in [0.2, 0.25) is 0 Å². The molecule has 0 radical (unpaired) electrons. The van der Waals surface area contributed by atoms with Gasteiger partial charge in [-0.05, 0) is 18.6 Å². The third-order valence-electron chi connectivity index (χ3n) is 3.58. The Morgan fingerprint density at radius 1 is 1.38 bits per heavy atom. The number of benzene rings is 1. The number of nitrogens with one attached hydrogen (secondary N) is 1. The number of aromatic nitrogens is 3. The van der Waals surface area contributed by atoms with Crippen molar-refractivity contribution in [2.24, 2.45) is 0 Å². The fourth-order valence-corrected chi connectivity index (χ4v) is 2.50. The molecule has 0 amide bonds. The summed E-state index contributed by atoms with van der Waals surface area (Å²) in [5.41, 5.74) is 2.67. The van der Waals surface area contributed by atoms with E-state index in [1.165, 1.54) is 6.20 Å². The van der Waals surface area contributed by atoms with Gasteiger partial charge in [0.1, 0.15) is 5.56 Å². The van der Waals surface area contributed by atoms with E-state index in [4.69, 9.17) is 0 Å². The highest BCUT2D eigenvalue weighted by molar-refractivity contribution is 5.96. The maximum Gasteiger partial charge on any atom is 0.339 e. The maximum absolute atomic E-state index is 11.4. The van der Waals surface area contributed by atoms with Gasteiger partial charge in [0.05, 0.1) is 17.6 Å². The van der Waals surface area contributed by atoms with Crippen LogP contribution in [0.2, 0.25) is 0 Å². The van der Waals surface area contributed by atoms with Crippen LogP contribution in [0.1, 0.15) is 30.1 Å². The summed E-state index contributed by atoms with van der Waals surface area (Å²) in [6.45, 7) is 2.82. The zero-order valence-corrected chi connectivity index (χ0v) is 11.8. The van der Waals surface area contributed by atoms with Crippen LogP contribution >= 0.6 is 0 Å². The number of hydrogen-bond acceptors (Lipinski definition) is 2. The number of carboxylic acid groups (broad SMARTS) is 1. The number of carboxylic acids is 1. The summed E-state index contributed by atoms with van der Waals surface area (Å²) >= 11 is 0. The van der Waals surface area contributed by atoms with Crippen LogP contribution in [0.15, 0.2) is 36.5 Å². The van der Waals surface area contributed by atoms with E-state index < -0.39 is 5.97 Å². The maximum atomic E-state index is 11.4. The molecule has 0 saturated carbocycles. The molecule has 2 N–H and O–H groups in total. The number of unbranched alkanes of at least 4 members (excludes halogenated alkanes) is 1. The Hall–Kier alpha value is -2.56. The molecule has 0 aliphatic rings. The van der Waals surface area contributed by atoms with Gasteiger partial charge in [-0.15, -0.1) is 0 Å². The first kappa shape index (κ1) is 13.4. The quantitative estimate of drug-likeness (QED) is 0.752. The van der Waals surface area contributed by atoms with E-state index in [1.54, 1.807) is 4.68 Å². The van der Waals surface area contributed by atoms with Crippen LogP contribution in [-0.2, 0) is 6.54 Å². The molecule has 0 aliphatic heterocycles. The molecule has 3 rings (SSSR count). The average molecular weight is 283 g/mol. The first-order valence-electron chi connectivity index (χ1n) is 7.08. The first-order chi connectivity index (χ1) is 10.2. The van der Waals surface area contributed by atoms with Crippen molar-refractivity contribution in [1.82, 2.24) is 14.8 Å². The lowest BCUT2D eigenvalue weighted by Crippen LogP contribution is -2.05. The highest BCUT2D eigenvalue weighted by atomic mass is 16.4. The van der Waals surface area contributed by atoms with Crippen molar-refractivity contribution in [3.05, 3.63) is 42.1 Å². The summed E-state index contributed by atoms with van der Waals surface area (Å²) in [4.78, 5) is 14.7. The van der Waals surface area contributed by atoms with E-state index in [0.717, 1.165) is 29.4 Å². The van der Waals surface area contributed by atoms with Crippen molar-refractivity contribution >= 4 is 16.9 Å². The van der Waals surface area contributed by atoms with Gasteiger partial charge in [-0.1, -0.05) is 31.5 Å². The lowest BCUT2D eigenvalue weighted by Gasteiger charge is -2.06. The van der Waals surface area contributed by atoms with Crippen molar-refractivity contribution in [3.63, 3.8) is 0 Å². The van der Waals surface area contributed by atoms with Gasteiger partial charge >= 0.3 is 5.97 Å². The van der Waals surface area contributed by atoms with Crippen LogP contribution in [0.3, 0.4) is 0 Å². The summed E-state index contributed by atoms with van der Waals surface area (Å²) in [6, 6.07) is 9.87. The molecule has 0 spiro atoms. The first-order valence-corrected chi connectivity index (χ1v) is 7.08. The second-order valence-corrected chi connectivity index (χ2v) is 5.06. The van der Waals surface area contributed by atoms with Crippen LogP contribution in [-0.4, -0.2) is 25.8 Å². The standard InChI is InChI=1S/C16H17N3O2/c1-2-3-8-19-15(12(10-17-19)16(20)21)14-9-11-6-4-5-7-13(11)18-14/h4-7,9-10,18H,2-3,8H2,1H3,(H,20,21). The molecule has 21 heavy (non-hydrogen) atoms. The minimum absolute atomic E-state index is 0.234. The number of rotatable bonds is 5. The lowest BCUT2D eigenvalue weighted by atomic mass is 10.2. The molecule has 0 bridgehead atoms. The van der Waals surface area contributed by atoms with Crippen molar-refractivity contribution < 1.29 is 9.90 Å². The van der Waals surface area contributed by atoms with E-state index in [-0.39, 0.29) is 5.56 Å². The topological polar surface area (TPSA) is 70.9 Å². The van der Waals surface area contributed by atoms with Crippen LogP contribution in [0.25, 0.3) is 22.3 Å². The number of aromatic amines is 1. The van der Waals surface area contributed by atoms with Gasteiger partial charge in [-0.3, -0.25) is 4.68 Å². The molecule has 0 unspecified atom stereocenters. The number of hydrogen-bond donors (Lipinski definition) is 2. The van der Waals surface area contributed by atoms with E-state index in [2.05, 4.69) is 17.0 Å². The number of para-hydroxylation sites is 1. The summed E-state index contributed by atoms with van der Waals surface area (Å²) in [7, 11) is 0. The van der Waals surface area contributed by atoms with E-state index in [0.29, 0.717) is 12.2 Å². The van der Waals surface area contributed by atoms with Crippen molar-refractivity contribution in [2.45, 2.75) is 26.3 Å². The molecule has 3 aromatic rings. The number of aromatic carboxylic acids is 1. The molecule has 108 valence electrons. The third kappa shape index (κ3) is 2.42. The molecule has 5 nitrogen and oxygen atoms in total. The minimum Gasteiger partial charge on any atom is -0.478 e. The second kappa shape index (κ2) is 5.44. The lowest BCUT2D eigenvalue weighted by molar-refractivity contribution is 0.0697. The number of aryl methyl sites for hydroxylation is 1. The molecule has 0 saturated heterocycles. The van der Waals surface area contributed by atoms with Gasteiger partial charge in [0.15, 0.2) is 0 Å². The number of carbonyl (C=O) groups is 1. The van der Waals surface area contributed by atoms with Crippen molar-refractivity contribution in [2.75, 3.05) is 0 Å². The van der Waals surface area contributed by atoms with Crippen LogP contribution in [0.5, 0.6) is 0 Å². The number of H-pyrrole nitrogens is 1. The van der Waals surface area contributed by atoms with Gasteiger partial charge in [-0.2, -0.15) is 5.10 Å². The fraction of sp³-hybridized carbons (Fsp3) is 0.250. The predicted octanol–water partition coefficient (Wildman–Crippen LogP) is 3.53. The van der Waals surface area contributed by atoms with Gasteiger partial charge < -0.3 is 10.1 Å². The number of fused-ring (bicyclic) bond motifs is 1. The monoisotopic (exact) mass is 283 g/mol. The Labute approximate surface area is 122 Å². The van der Waals surface area contributed by atoms with Crippen LogP contribution in [0.4, 0.5) is 0 Å². The molecule has 0 aliphatic carbocycles. The molecule has 1 aromatic carbocycles. The molecular weight excluding hydrogens is 266 g/mol. The van der Waals surface area contributed by atoms with Crippen molar-refractivity contribution in [1.29, 1.82) is 0 Å². The Morgan fingerprint density at radius 2 is 2.19 bits per heavy atom. The van der Waals surface area contributed by atoms with Gasteiger partial charge in [0.25, 0.3) is 0 Å². The predicted molar refractivity (Wildman–Crippen MR) is 81.4 cm³/mol. The summed E-state index contributed by atoms with van der Waals surface area (Å²) in [5.74, 6) is -0.952. The van der Waals surface area contributed by atoms with E-state index in [9.17, 15) is 9.90 Å². The molecule has 0 atom stereocenters. The zero-order chi connectivity index (χ0) is 14.8. The zero-order valence-electron chi connectivity index (χ0n) is 11.8. The van der Waals surface area contributed by atoms with E-state index >= 15 is 0 Å². The molecular formula is C16H17N3O2. The Balaban J connectivity index is 2.14. The average Bonchev–Trinajstić information content (AvgIpc) is 3.08. The van der Waals surface area contributed by atoms with Crippen LogP contribution in [0, 0.1) is 0 Å². The highest BCUT2D eigenvalue weighted by Gasteiger charge is 2.19. The molecule has 2 heterocycles. The Bertz CT molecular complexity index is 753. The minimum atomic E-state index is -0.952. The fourth-order valence-electron chi connectivity index (χ4n) is 2.50. The molecule has 2 aromatic heterocycles. The van der Waals surface area contributed by atoms with E-state index in [1.807, 2.05) is 30.3 Å². The summed E-state index contributed by atoms with van der Waals surface area (Å²) in [6.07, 6.45) is 3.43. The van der Waals surface area contributed by atoms with Gasteiger partial charge in [0, 0.05) is 17.4 Å². The Kier molecular flexibility index (Phi) is 3.48. The summed E-state index contributed by atoms with van der Waals surface area (Å²) in [5, 5.41) is 14.7. The SMILES string of the molecule is CCCCn1ncc(C(=O)O)c1-c1cc2ccccc2[nH]1. The molecule has 0 fully saturated rings. The second-order valence-electron chi connectivity index (χ2n) is 5.06. The Morgan fingerprint density at radius 3 is 2.90 bits per heavy atom. The van der Waals surface area contributed by atoms with Crippen molar-refractivity contribution in [3.8, 4) is 11.4 Å². The van der Waals surface area contributed by atoms with Crippen LogP contribution < -0.4 is 0 Å². The summed E-state index contributed by atoms with van der Waals surface area (Å²) < 4.78 is 1.78. The highest BCUT2D eigenvalue weighted by Crippen LogP contribution is 2.27. The molecule has 5 heteroatoms. The largest absolute Gasteiger partial charge is 0.478 e. The van der Waals surface area contributed by atoms with Gasteiger partial charge in [-0.25, -0.2) is 4.79 Å². The normalized spacial score (nSPS) is 11.1.